The summed E-state index contributed by atoms with van der Waals surface area (Å²) in [4.78, 5) is 31.1. The zero-order chi connectivity index (χ0) is 17.9. The summed E-state index contributed by atoms with van der Waals surface area (Å²) in [6, 6.07) is -0.199. The van der Waals surface area contributed by atoms with E-state index >= 15 is 0 Å². The number of likely N-dealkylation sites (N-methyl/N-ethyl adjacent to an activating group) is 1. The third-order valence-electron chi connectivity index (χ3n) is 4.93. The average Bonchev–Trinajstić information content (AvgIpc) is 2.99. The Kier molecular flexibility index (Phi) is 6.63. The molecule has 0 aromatic heterocycles. The maximum absolute atomic E-state index is 13.0. The van der Waals surface area contributed by atoms with Gasteiger partial charge in [-0.1, -0.05) is 13.8 Å². The number of hydrogen-bond donors (Lipinski definition) is 0. The predicted molar refractivity (Wildman–Crippen MR) is 93.7 cm³/mol. The Hall–Kier alpha value is -1.14. The molecule has 0 aliphatic carbocycles. The van der Waals surface area contributed by atoms with E-state index in [1.54, 1.807) is 11.9 Å². The highest BCUT2D eigenvalue weighted by molar-refractivity contribution is 5.87. The molecular weight excluding hydrogens is 306 g/mol. The number of likely N-dealkylation sites (tertiary alicyclic amines) is 1. The van der Waals surface area contributed by atoms with Gasteiger partial charge in [0.05, 0.1) is 24.8 Å². The van der Waals surface area contributed by atoms with Crippen LogP contribution in [0.4, 0.5) is 0 Å². The lowest BCUT2D eigenvalue weighted by Gasteiger charge is -2.42. The van der Waals surface area contributed by atoms with Crippen molar-refractivity contribution in [2.75, 3.05) is 39.8 Å². The standard InChI is InChI=1S/C18H33N3O3/c1-13(2)17(21-10-14(3)24-15(4)11-21)18(23)19(5)12-16(22)20-8-6-7-9-20/h13-15,17H,6-12H2,1-5H3. The van der Waals surface area contributed by atoms with Crippen molar-refractivity contribution in [2.45, 2.75) is 58.8 Å². The molecule has 2 fully saturated rings. The summed E-state index contributed by atoms with van der Waals surface area (Å²) in [5.74, 6) is 0.299. The van der Waals surface area contributed by atoms with Crippen LogP contribution in [0.5, 0.6) is 0 Å². The highest BCUT2D eigenvalue weighted by Gasteiger charge is 2.36. The van der Waals surface area contributed by atoms with Crippen LogP contribution in [0.1, 0.15) is 40.5 Å². The first-order valence-electron chi connectivity index (χ1n) is 9.21. The van der Waals surface area contributed by atoms with Gasteiger partial charge in [-0.3, -0.25) is 14.5 Å². The molecule has 0 radical (unpaired) electrons. The van der Waals surface area contributed by atoms with Crippen molar-refractivity contribution < 1.29 is 14.3 Å². The second-order valence-electron chi connectivity index (χ2n) is 7.68. The summed E-state index contributed by atoms with van der Waals surface area (Å²) in [7, 11) is 1.75. The normalized spacial score (nSPS) is 26.7. The molecule has 2 aliphatic rings. The molecule has 24 heavy (non-hydrogen) atoms. The van der Waals surface area contributed by atoms with Gasteiger partial charge in [-0.2, -0.15) is 0 Å². The van der Waals surface area contributed by atoms with Crippen molar-refractivity contribution in [1.82, 2.24) is 14.7 Å². The predicted octanol–water partition coefficient (Wildman–Crippen LogP) is 1.20. The Morgan fingerprint density at radius 1 is 1.12 bits per heavy atom. The van der Waals surface area contributed by atoms with Gasteiger partial charge in [0, 0.05) is 33.2 Å². The fourth-order valence-electron chi connectivity index (χ4n) is 3.88. The van der Waals surface area contributed by atoms with Crippen LogP contribution in [0.2, 0.25) is 0 Å². The summed E-state index contributed by atoms with van der Waals surface area (Å²) in [6.07, 6.45) is 2.39. The van der Waals surface area contributed by atoms with Crippen molar-refractivity contribution >= 4 is 11.8 Å². The zero-order valence-electron chi connectivity index (χ0n) is 15.8. The first-order valence-corrected chi connectivity index (χ1v) is 9.21. The third-order valence-corrected chi connectivity index (χ3v) is 4.93. The molecule has 2 saturated heterocycles. The largest absolute Gasteiger partial charge is 0.373 e. The van der Waals surface area contributed by atoms with E-state index in [0.717, 1.165) is 39.0 Å². The van der Waals surface area contributed by atoms with E-state index in [9.17, 15) is 9.59 Å². The first-order chi connectivity index (χ1) is 11.3. The molecule has 0 aromatic rings. The fraction of sp³-hybridized carbons (Fsp3) is 0.889. The third kappa shape index (κ3) is 4.70. The van der Waals surface area contributed by atoms with Gasteiger partial charge in [0.1, 0.15) is 0 Å². The van der Waals surface area contributed by atoms with Crippen LogP contribution in [0.25, 0.3) is 0 Å². The summed E-state index contributed by atoms with van der Waals surface area (Å²) >= 11 is 0. The van der Waals surface area contributed by atoms with Gasteiger partial charge in [-0.05, 0) is 32.6 Å². The Morgan fingerprint density at radius 3 is 2.17 bits per heavy atom. The van der Waals surface area contributed by atoms with Gasteiger partial charge < -0.3 is 14.5 Å². The van der Waals surface area contributed by atoms with Crippen LogP contribution in [-0.2, 0) is 14.3 Å². The number of rotatable bonds is 5. The van der Waals surface area contributed by atoms with Crippen LogP contribution < -0.4 is 0 Å². The summed E-state index contributed by atoms with van der Waals surface area (Å²) in [5, 5.41) is 0. The van der Waals surface area contributed by atoms with Crippen LogP contribution in [-0.4, -0.2) is 84.5 Å². The Bertz CT molecular complexity index is 439. The Labute approximate surface area is 146 Å². The summed E-state index contributed by atoms with van der Waals surface area (Å²) < 4.78 is 5.79. The van der Waals surface area contributed by atoms with Gasteiger partial charge >= 0.3 is 0 Å². The Balaban J connectivity index is 2.00. The van der Waals surface area contributed by atoms with E-state index in [2.05, 4.69) is 18.7 Å². The summed E-state index contributed by atoms with van der Waals surface area (Å²) in [5.41, 5.74) is 0. The van der Waals surface area contributed by atoms with E-state index < -0.39 is 0 Å². The van der Waals surface area contributed by atoms with Gasteiger partial charge in [0.15, 0.2) is 0 Å². The molecule has 2 heterocycles. The molecule has 138 valence electrons. The van der Waals surface area contributed by atoms with Crippen molar-refractivity contribution in [1.29, 1.82) is 0 Å². The summed E-state index contributed by atoms with van der Waals surface area (Å²) in [6.45, 7) is 11.6. The molecule has 3 unspecified atom stereocenters. The minimum atomic E-state index is -0.199. The fourth-order valence-corrected chi connectivity index (χ4v) is 3.88. The Morgan fingerprint density at radius 2 is 1.67 bits per heavy atom. The molecule has 2 rings (SSSR count). The van der Waals surface area contributed by atoms with E-state index in [1.807, 2.05) is 18.7 Å². The lowest BCUT2D eigenvalue weighted by Crippen LogP contribution is -2.57. The van der Waals surface area contributed by atoms with E-state index in [4.69, 9.17) is 4.74 Å². The van der Waals surface area contributed by atoms with Gasteiger partial charge in [-0.15, -0.1) is 0 Å². The maximum Gasteiger partial charge on any atom is 0.242 e. The molecule has 6 nitrogen and oxygen atoms in total. The van der Waals surface area contributed by atoms with Crippen LogP contribution in [0.15, 0.2) is 0 Å². The van der Waals surface area contributed by atoms with E-state index in [-0.39, 0.29) is 42.5 Å². The molecule has 0 aromatic carbocycles. The number of carbonyl (C=O) groups excluding carboxylic acids is 2. The number of nitrogens with zero attached hydrogens (tertiary/aromatic N) is 3. The number of hydrogen-bond acceptors (Lipinski definition) is 4. The van der Waals surface area contributed by atoms with Gasteiger partial charge in [-0.25, -0.2) is 0 Å². The molecular formula is C18H33N3O3. The van der Waals surface area contributed by atoms with E-state index in [0.29, 0.717) is 0 Å². The molecule has 0 spiro atoms. The van der Waals surface area contributed by atoms with Crippen molar-refractivity contribution in [2.24, 2.45) is 5.92 Å². The lowest BCUT2D eigenvalue weighted by molar-refractivity contribution is -0.148. The second kappa shape index (κ2) is 8.30. The monoisotopic (exact) mass is 339 g/mol. The van der Waals surface area contributed by atoms with Crippen molar-refractivity contribution in [3.05, 3.63) is 0 Å². The van der Waals surface area contributed by atoms with Crippen molar-refractivity contribution in [3.63, 3.8) is 0 Å². The average molecular weight is 339 g/mol. The second-order valence-corrected chi connectivity index (χ2v) is 7.68. The van der Waals surface area contributed by atoms with Gasteiger partial charge in [0.2, 0.25) is 11.8 Å². The molecule has 2 amide bonds. The molecule has 0 bridgehead atoms. The molecule has 2 aliphatic heterocycles. The highest BCUT2D eigenvalue weighted by Crippen LogP contribution is 2.20. The SMILES string of the molecule is CC1CN(C(C(=O)N(C)CC(=O)N2CCCC2)C(C)C)CC(C)O1. The molecule has 3 atom stereocenters. The topological polar surface area (TPSA) is 53.1 Å². The van der Waals surface area contributed by atoms with Gasteiger partial charge in [0.25, 0.3) is 0 Å². The van der Waals surface area contributed by atoms with Crippen LogP contribution in [0.3, 0.4) is 0 Å². The number of morpholine rings is 1. The molecule has 0 saturated carbocycles. The number of ether oxygens (including phenoxy) is 1. The minimum absolute atomic E-state index is 0.0406. The highest BCUT2D eigenvalue weighted by atomic mass is 16.5. The maximum atomic E-state index is 13.0. The first kappa shape index (κ1) is 19.2. The lowest BCUT2D eigenvalue weighted by atomic mass is 9.99. The number of carbonyl (C=O) groups is 2. The molecule has 0 N–H and O–H groups in total. The van der Waals surface area contributed by atoms with Crippen LogP contribution >= 0.6 is 0 Å². The van der Waals surface area contributed by atoms with Crippen LogP contribution in [0, 0.1) is 5.92 Å². The zero-order valence-corrected chi connectivity index (χ0v) is 15.8. The molecule has 6 heteroatoms. The minimum Gasteiger partial charge on any atom is -0.373 e. The van der Waals surface area contributed by atoms with Crippen molar-refractivity contribution in [3.8, 4) is 0 Å². The smallest absolute Gasteiger partial charge is 0.242 e. The van der Waals surface area contributed by atoms with E-state index in [1.165, 1.54) is 0 Å². The number of amides is 2. The quantitative estimate of drug-likeness (QED) is 0.755.